The first kappa shape index (κ1) is 9.97. The molecule has 0 aromatic carbocycles. The summed E-state index contributed by atoms with van der Waals surface area (Å²) < 4.78 is 0. The van der Waals surface area contributed by atoms with Crippen molar-refractivity contribution in [3.63, 3.8) is 0 Å². The van der Waals surface area contributed by atoms with Crippen LogP contribution in [0.4, 0.5) is 0 Å². The molecule has 1 saturated heterocycles. The number of rotatable bonds is 2. The Morgan fingerprint density at radius 3 is 2.50 bits per heavy atom. The van der Waals surface area contributed by atoms with E-state index in [1.54, 1.807) is 0 Å². The normalized spacial score (nSPS) is 32.5. The molecule has 1 amide bonds. The van der Waals surface area contributed by atoms with Crippen molar-refractivity contribution in [2.45, 2.75) is 44.6 Å². The van der Waals surface area contributed by atoms with Crippen LogP contribution in [0.3, 0.4) is 0 Å². The molecule has 1 heterocycles. The number of nitrogens with zero attached hydrogens (tertiary/aromatic N) is 1. The summed E-state index contributed by atoms with van der Waals surface area (Å²) >= 11 is 0. The molecule has 80 valence electrons. The van der Waals surface area contributed by atoms with Gasteiger partial charge in [-0.05, 0) is 25.2 Å². The summed E-state index contributed by atoms with van der Waals surface area (Å²) in [7, 11) is 0. The predicted molar refractivity (Wildman–Crippen MR) is 55.7 cm³/mol. The van der Waals surface area contributed by atoms with E-state index in [-0.39, 0.29) is 6.04 Å². The molecular formula is C11H20N2O. The zero-order chi connectivity index (χ0) is 9.97. The van der Waals surface area contributed by atoms with Crippen molar-refractivity contribution in [3.8, 4) is 0 Å². The molecule has 3 heteroatoms. The van der Waals surface area contributed by atoms with Crippen LogP contribution in [0, 0.1) is 5.92 Å². The Bertz CT molecular complexity index is 213. The summed E-state index contributed by atoms with van der Waals surface area (Å²) in [6.45, 7) is 1.95. The first-order chi connectivity index (χ1) is 6.77. The molecule has 1 saturated carbocycles. The van der Waals surface area contributed by atoms with Gasteiger partial charge in [-0.1, -0.05) is 12.8 Å². The van der Waals surface area contributed by atoms with Crippen molar-refractivity contribution in [1.82, 2.24) is 4.90 Å². The Morgan fingerprint density at radius 2 is 1.93 bits per heavy atom. The fourth-order valence-electron chi connectivity index (χ4n) is 2.41. The standard InChI is InChI=1S/C11H20N2O/c12-10-5-2-1-4-9(10)8-11(14)13-6-3-7-13/h9-10H,1-8,12H2. The Hall–Kier alpha value is -0.570. The summed E-state index contributed by atoms with van der Waals surface area (Å²) in [6, 6.07) is 0.272. The average molecular weight is 196 g/mol. The van der Waals surface area contributed by atoms with Gasteiger partial charge in [-0.3, -0.25) is 4.79 Å². The van der Waals surface area contributed by atoms with Gasteiger partial charge in [0, 0.05) is 25.6 Å². The molecule has 2 N–H and O–H groups in total. The number of nitrogens with two attached hydrogens (primary N) is 1. The van der Waals surface area contributed by atoms with E-state index in [1.807, 2.05) is 4.90 Å². The van der Waals surface area contributed by atoms with Gasteiger partial charge < -0.3 is 10.6 Å². The van der Waals surface area contributed by atoms with Gasteiger partial charge in [0.15, 0.2) is 0 Å². The highest BCUT2D eigenvalue weighted by molar-refractivity contribution is 5.77. The van der Waals surface area contributed by atoms with Crippen LogP contribution < -0.4 is 5.73 Å². The number of likely N-dealkylation sites (tertiary alicyclic amines) is 1. The van der Waals surface area contributed by atoms with Gasteiger partial charge in [0.05, 0.1) is 0 Å². The quantitative estimate of drug-likeness (QED) is 0.719. The summed E-state index contributed by atoms with van der Waals surface area (Å²) in [5, 5.41) is 0. The summed E-state index contributed by atoms with van der Waals surface area (Å²) in [4.78, 5) is 13.7. The number of hydrogen-bond acceptors (Lipinski definition) is 2. The molecule has 1 aliphatic carbocycles. The first-order valence-electron chi connectivity index (χ1n) is 5.81. The van der Waals surface area contributed by atoms with Crippen LogP contribution in [0.15, 0.2) is 0 Å². The molecule has 0 radical (unpaired) electrons. The van der Waals surface area contributed by atoms with Gasteiger partial charge in [-0.2, -0.15) is 0 Å². The maximum Gasteiger partial charge on any atom is 0.222 e. The molecular weight excluding hydrogens is 176 g/mol. The SMILES string of the molecule is NC1CCCCC1CC(=O)N1CCC1. The molecule has 0 spiro atoms. The number of amides is 1. The highest BCUT2D eigenvalue weighted by Crippen LogP contribution is 2.26. The monoisotopic (exact) mass is 196 g/mol. The fraction of sp³-hybridized carbons (Fsp3) is 0.909. The minimum absolute atomic E-state index is 0.272. The highest BCUT2D eigenvalue weighted by atomic mass is 16.2. The molecule has 2 rings (SSSR count). The number of carbonyl (C=O) groups excluding carboxylic acids is 1. The maximum atomic E-state index is 11.7. The van der Waals surface area contributed by atoms with Crippen LogP contribution in [0.5, 0.6) is 0 Å². The lowest BCUT2D eigenvalue weighted by atomic mass is 9.82. The lowest BCUT2D eigenvalue weighted by Crippen LogP contribution is -2.44. The zero-order valence-corrected chi connectivity index (χ0v) is 8.74. The lowest BCUT2D eigenvalue weighted by Gasteiger charge is -2.34. The zero-order valence-electron chi connectivity index (χ0n) is 8.74. The van der Waals surface area contributed by atoms with E-state index in [9.17, 15) is 4.79 Å². The Balaban J connectivity index is 1.79. The van der Waals surface area contributed by atoms with Crippen molar-refractivity contribution < 1.29 is 4.79 Å². The summed E-state index contributed by atoms with van der Waals surface area (Å²) in [5.41, 5.74) is 6.02. The third kappa shape index (κ3) is 2.08. The van der Waals surface area contributed by atoms with Crippen molar-refractivity contribution in [2.75, 3.05) is 13.1 Å². The van der Waals surface area contributed by atoms with E-state index in [0.717, 1.165) is 25.9 Å². The average Bonchev–Trinajstić information content (AvgIpc) is 2.05. The van der Waals surface area contributed by atoms with Crippen molar-refractivity contribution >= 4 is 5.91 Å². The highest BCUT2D eigenvalue weighted by Gasteiger charge is 2.28. The van der Waals surface area contributed by atoms with E-state index in [2.05, 4.69) is 0 Å². The third-order valence-electron chi connectivity index (χ3n) is 3.61. The molecule has 3 nitrogen and oxygen atoms in total. The molecule has 14 heavy (non-hydrogen) atoms. The van der Waals surface area contributed by atoms with E-state index in [4.69, 9.17) is 5.73 Å². The van der Waals surface area contributed by atoms with Gasteiger partial charge in [0.25, 0.3) is 0 Å². The smallest absolute Gasteiger partial charge is 0.222 e. The molecule has 2 atom stereocenters. The molecule has 0 aromatic heterocycles. The topological polar surface area (TPSA) is 46.3 Å². The largest absolute Gasteiger partial charge is 0.343 e. The second-order valence-electron chi connectivity index (χ2n) is 4.65. The van der Waals surface area contributed by atoms with Crippen LogP contribution in [0.2, 0.25) is 0 Å². The Morgan fingerprint density at radius 1 is 1.21 bits per heavy atom. The predicted octanol–water partition coefficient (Wildman–Crippen LogP) is 1.13. The second-order valence-corrected chi connectivity index (χ2v) is 4.65. The van der Waals surface area contributed by atoms with Crippen molar-refractivity contribution in [2.24, 2.45) is 11.7 Å². The number of hydrogen-bond donors (Lipinski definition) is 1. The molecule has 1 aliphatic heterocycles. The van der Waals surface area contributed by atoms with Gasteiger partial charge in [0.2, 0.25) is 5.91 Å². The Labute approximate surface area is 85.6 Å². The van der Waals surface area contributed by atoms with E-state index in [1.165, 1.54) is 19.3 Å². The third-order valence-corrected chi connectivity index (χ3v) is 3.61. The molecule has 2 fully saturated rings. The second kappa shape index (κ2) is 4.30. The summed E-state index contributed by atoms with van der Waals surface area (Å²) in [6.07, 6.45) is 6.64. The minimum Gasteiger partial charge on any atom is -0.343 e. The fourth-order valence-corrected chi connectivity index (χ4v) is 2.41. The van der Waals surface area contributed by atoms with Gasteiger partial charge >= 0.3 is 0 Å². The van der Waals surface area contributed by atoms with Crippen molar-refractivity contribution in [3.05, 3.63) is 0 Å². The van der Waals surface area contributed by atoms with Crippen LogP contribution in [0.1, 0.15) is 38.5 Å². The lowest BCUT2D eigenvalue weighted by molar-refractivity contribution is -0.136. The number of carbonyl (C=O) groups is 1. The van der Waals surface area contributed by atoms with Gasteiger partial charge in [-0.15, -0.1) is 0 Å². The van der Waals surface area contributed by atoms with Crippen LogP contribution >= 0.6 is 0 Å². The maximum absolute atomic E-state index is 11.7. The molecule has 2 unspecified atom stereocenters. The molecule has 2 aliphatic rings. The summed E-state index contributed by atoms with van der Waals surface area (Å²) in [5.74, 6) is 0.787. The van der Waals surface area contributed by atoms with E-state index < -0.39 is 0 Å². The van der Waals surface area contributed by atoms with Crippen molar-refractivity contribution in [1.29, 1.82) is 0 Å². The van der Waals surface area contributed by atoms with E-state index in [0.29, 0.717) is 18.2 Å². The van der Waals surface area contributed by atoms with Crippen LogP contribution in [-0.2, 0) is 4.79 Å². The molecule has 0 bridgehead atoms. The minimum atomic E-state index is 0.272. The van der Waals surface area contributed by atoms with Gasteiger partial charge in [0.1, 0.15) is 0 Å². The van der Waals surface area contributed by atoms with Crippen LogP contribution in [-0.4, -0.2) is 29.9 Å². The molecule has 0 aromatic rings. The van der Waals surface area contributed by atoms with Gasteiger partial charge in [-0.25, -0.2) is 0 Å². The van der Waals surface area contributed by atoms with E-state index >= 15 is 0 Å². The Kier molecular flexibility index (Phi) is 3.06. The first-order valence-corrected chi connectivity index (χ1v) is 5.81. The van der Waals surface area contributed by atoms with Crippen LogP contribution in [0.25, 0.3) is 0 Å².